The zero-order valence-electron chi connectivity index (χ0n) is 51.1. The first-order valence-electron chi connectivity index (χ1n) is 33.3. The number of hydrogen-bond donors (Lipinski definition) is 3. The lowest BCUT2D eigenvalue weighted by atomic mass is 9.98. The molecule has 1 saturated heterocycles. The molecule has 0 aromatic heterocycles. The monoisotopic (exact) mass is 1120 g/mol. The molecule has 1 aliphatic rings. The van der Waals surface area contributed by atoms with Crippen molar-refractivity contribution in [1.82, 2.24) is 0 Å². The van der Waals surface area contributed by atoms with Crippen molar-refractivity contribution in [1.29, 1.82) is 0 Å². The molecular formula is C67H122O12. The molecule has 0 aromatic rings. The van der Waals surface area contributed by atoms with Crippen molar-refractivity contribution in [2.75, 3.05) is 13.2 Å². The highest BCUT2D eigenvalue weighted by molar-refractivity contribution is 5.74. The third-order valence-electron chi connectivity index (χ3n) is 15.5. The van der Waals surface area contributed by atoms with Crippen LogP contribution in [0.1, 0.15) is 329 Å². The van der Waals surface area contributed by atoms with E-state index >= 15 is 0 Å². The van der Waals surface area contributed by atoms with Crippen LogP contribution in [0.3, 0.4) is 0 Å². The van der Waals surface area contributed by atoms with Crippen LogP contribution in [0.5, 0.6) is 0 Å². The molecule has 12 heteroatoms. The maximum Gasteiger partial charge on any atom is 0.335 e. The van der Waals surface area contributed by atoms with Crippen molar-refractivity contribution in [3.05, 3.63) is 24.3 Å². The molecule has 6 atom stereocenters. The minimum Gasteiger partial charge on any atom is -0.479 e. The second-order valence-corrected chi connectivity index (χ2v) is 23.1. The van der Waals surface area contributed by atoms with Crippen LogP contribution in [-0.4, -0.2) is 89.2 Å². The lowest BCUT2D eigenvalue weighted by Gasteiger charge is -2.40. The first kappa shape index (κ1) is 74.2. The van der Waals surface area contributed by atoms with Gasteiger partial charge in [-0.25, -0.2) is 4.79 Å². The predicted molar refractivity (Wildman–Crippen MR) is 322 cm³/mol. The molecule has 0 aliphatic carbocycles. The predicted octanol–water partition coefficient (Wildman–Crippen LogP) is 17.8. The summed E-state index contributed by atoms with van der Waals surface area (Å²) >= 11 is 0. The van der Waals surface area contributed by atoms with E-state index in [4.69, 9.17) is 23.7 Å². The van der Waals surface area contributed by atoms with Crippen LogP contribution in [0.4, 0.5) is 0 Å². The van der Waals surface area contributed by atoms with E-state index < -0.39 is 67.3 Å². The second-order valence-electron chi connectivity index (χ2n) is 23.1. The van der Waals surface area contributed by atoms with Crippen molar-refractivity contribution in [3.8, 4) is 0 Å². The number of aliphatic hydroxyl groups is 2. The van der Waals surface area contributed by atoms with Gasteiger partial charge in [0.1, 0.15) is 18.8 Å². The molecule has 0 aromatic carbocycles. The molecule has 462 valence electrons. The molecule has 1 heterocycles. The highest BCUT2D eigenvalue weighted by Crippen LogP contribution is 2.27. The number of carboxylic acids is 1. The number of aliphatic carboxylic acids is 1. The van der Waals surface area contributed by atoms with E-state index in [1.807, 2.05) is 0 Å². The standard InChI is InChI=1S/C67H122O12/c1-4-7-10-13-16-19-22-25-28-30-33-35-38-41-44-47-50-53-59(68)75-56-58(77-60(69)54-51-48-45-42-39-36-32-27-24-21-18-15-12-9-6-3)57-76-67-65(63(72)62(71)64(79-67)66(73)74)78-61(70)55-52-49-46-43-40-37-34-31-29-26-23-20-17-14-11-8-5-2/h18,21,27,32,58,62-65,67,71-72H,4-17,19-20,22-26,28-31,33-57H2,1-3H3,(H,73,74)/b21-18-,32-27-. The molecule has 0 amide bonds. The fourth-order valence-corrected chi connectivity index (χ4v) is 10.4. The molecule has 1 fully saturated rings. The largest absolute Gasteiger partial charge is 0.479 e. The van der Waals surface area contributed by atoms with Gasteiger partial charge in [0.15, 0.2) is 24.6 Å². The normalized spacial score (nSPS) is 17.9. The maximum atomic E-state index is 13.2. The highest BCUT2D eigenvalue weighted by Gasteiger charge is 2.50. The lowest BCUT2D eigenvalue weighted by Crippen LogP contribution is -2.61. The molecule has 0 spiro atoms. The summed E-state index contributed by atoms with van der Waals surface area (Å²) in [6.07, 6.45) is 52.8. The zero-order chi connectivity index (χ0) is 57.5. The fraction of sp³-hybridized carbons (Fsp3) is 0.881. The highest BCUT2D eigenvalue weighted by atomic mass is 16.7. The van der Waals surface area contributed by atoms with Crippen LogP contribution in [0, 0.1) is 0 Å². The summed E-state index contributed by atoms with van der Waals surface area (Å²) in [6.45, 7) is 6.02. The van der Waals surface area contributed by atoms with Gasteiger partial charge >= 0.3 is 23.9 Å². The molecular weight excluding hydrogens is 997 g/mol. The van der Waals surface area contributed by atoms with E-state index in [0.29, 0.717) is 19.3 Å². The van der Waals surface area contributed by atoms with E-state index in [-0.39, 0.29) is 25.9 Å². The molecule has 0 radical (unpaired) electrons. The third-order valence-corrected chi connectivity index (χ3v) is 15.5. The topological polar surface area (TPSA) is 175 Å². The van der Waals surface area contributed by atoms with Crippen molar-refractivity contribution in [3.63, 3.8) is 0 Å². The van der Waals surface area contributed by atoms with Crippen molar-refractivity contribution in [2.45, 2.75) is 366 Å². The van der Waals surface area contributed by atoms with Gasteiger partial charge in [0.05, 0.1) is 6.61 Å². The van der Waals surface area contributed by atoms with Gasteiger partial charge < -0.3 is 39.0 Å². The van der Waals surface area contributed by atoms with Gasteiger partial charge in [0, 0.05) is 19.3 Å². The van der Waals surface area contributed by atoms with Gasteiger partial charge in [0.2, 0.25) is 0 Å². The molecule has 12 nitrogen and oxygen atoms in total. The minimum atomic E-state index is -1.90. The first-order valence-corrected chi connectivity index (χ1v) is 33.3. The van der Waals surface area contributed by atoms with Gasteiger partial charge in [-0.15, -0.1) is 0 Å². The minimum absolute atomic E-state index is 0.0663. The first-order chi connectivity index (χ1) is 38.6. The number of esters is 3. The van der Waals surface area contributed by atoms with Crippen LogP contribution in [-0.2, 0) is 42.9 Å². The Kier molecular flexibility index (Phi) is 52.3. The van der Waals surface area contributed by atoms with Gasteiger partial charge in [-0.2, -0.15) is 0 Å². The van der Waals surface area contributed by atoms with Crippen LogP contribution >= 0.6 is 0 Å². The number of carboxylic acid groups (broad SMARTS) is 1. The Labute approximate surface area is 483 Å². The number of carbonyl (C=O) groups is 4. The Hall–Kier alpha value is -2.80. The van der Waals surface area contributed by atoms with E-state index in [0.717, 1.165) is 83.5 Å². The van der Waals surface area contributed by atoms with Gasteiger partial charge in [0.25, 0.3) is 0 Å². The van der Waals surface area contributed by atoms with Gasteiger partial charge in [-0.05, 0) is 51.4 Å². The summed E-state index contributed by atoms with van der Waals surface area (Å²) in [6, 6.07) is 0. The number of hydrogen-bond acceptors (Lipinski definition) is 11. The van der Waals surface area contributed by atoms with Crippen LogP contribution in [0.15, 0.2) is 24.3 Å². The fourth-order valence-electron chi connectivity index (χ4n) is 10.4. The number of unbranched alkanes of at least 4 members (excludes halogenated alkanes) is 40. The van der Waals surface area contributed by atoms with E-state index in [2.05, 4.69) is 45.1 Å². The second kappa shape index (κ2) is 55.7. The summed E-state index contributed by atoms with van der Waals surface area (Å²) in [5.74, 6) is -3.09. The van der Waals surface area contributed by atoms with E-state index in [1.54, 1.807) is 0 Å². The third kappa shape index (κ3) is 45.4. The molecule has 0 saturated carbocycles. The molecule has 6 unspecified atom stereocenters. The van der Waals surface area contributed by atoms with Crippen LogP contribution < -0.4 is 0 Å². The number of allylic oxidation sites excluding steroid dienone is 4. The average molecular weight is 1120 g/mol. The van der Waals surface area contributed by atoms with Crippen molar-refractivity contribution >= 4 is 23.9 Å². The summed E-state index contributed by atoms with van der Waals surface area (Å²) in [5, 5.41) is 31.6. The lowest BCUT2D eigenvalue weighted by molar-refractivity contribution is -0.301. The average Bonchev–Trinajstić information content (AvgIpc) is 3.46. The Balaban J connectivity index is 2.64. The summed E-state index contributed by atoms with van der Waals surface area (Å²) < 4.78 is 28.6. The summed E-state index contributed by atoms with van der Waals surface area (Å²) in [4.78, 5) is 51.3. The van der Waals surface area contributed by atoms with Gasteiger partial charge in [-0.1, -0.05) is 283 Å². The van der Waals surface area contributed by atoms with E-state index in [1.165, 1.54) is 186 Å². The van der Waals surface area contributed by atoms with Crippen molar-refractivity contribution < 1.29 is 58.2 Å². The van der Waals surface area contributed by atoms with Crippen LogP contribution in [0.2, 0.25) is 0 Å². The molecule has 1 rings (SSSR count). The Bertz CT molecular complexity index is 1470. The zero-order valence-corrected chi connectivity index (χ0v) is 51.1. The molecule has 3 N–H and O–H groups in total. The molecule has 1 aliphatic heterocycles. The Morgan fingerprint density at radius 2 is 0.759 bits per heavy atom. The number of rotatable bonds is 58. The molecule has 0 bridgehead atoms. The quantitative estimate of drug-likeness (QED) is 0.0228. The van der Waals surface area contributed by atoms with Gasteiger partial charge in [-0.3, -0.25) is 14.4 Å². The van der Waals surface area contributed by atoms with Crippen LogP contribution in [0.25, 0.3) is 0 Å². The Morgan fingerprint density at radius 1 is 0.418 bits per heavy atom. The van der Waals surface area contributed by atoms with E-state index in [9.17, 15) is 34.5 Å². The summed E-state index contributed by atoms with van der Waals surface area (Å²) in [5.41, 5.74) is 0. The number of ether oxygens (including phenoxy) is 5. The summed E-state index contributed by atoms with van der Waals surface area (Å²) in [7, 11) is 0. The Morgan fingerprint density at radius 3 is 1.16 bits per heavy atom. The molecule has 79 heavy (non-hydrogen) atoms. The smallest absolute Gasteiger partial charge is 0.335 e. The number of carbonyl (C=O) groups excluding carboxylic acids is 3. The SMILES string of the molecule is CCCCC/C=C\C/C=C\CCCCCCCC(=O)OC(COC(=O)CCCCCCCCCCCCCCCCCCC)COC1OC(C(=O)O)C(O)C(O)C1OC(=O)CCCCCCCCCCCCCCCCCCC. The number of aliphatic hydroxyl groups excluding tert-OH is 2. The van der Waals surface area contributed by atoms with Crippen molar-refractivity contribution in [2.24, 2.45) is 0 Å². The maximum absolute atomic E-state index is 13.2.